The molecule has 3 rings (SSSR count). The minimum atomic E-state index is -1.80. The molecule has 1 aliphatic heterocycles. The summed E-state index contributed by atoms with van der Waals surface area (Å²) >= 11 is 0. The third-order valence-electron chi connectivity index (χ3n) is 6.52. The number of rotatable bonds is 6. The Balaban J connectivity index is 1.78. The normalized spacial score (nSPS) is 20.1. The van der Waals surface area contributed by atoms with Gasteiger partial charge in [0.05, 0.1) is 11.6 Å². The van der Waals surface area contributed by atoms with Crippen molar-refractivity contribution in [2.45, 2.75) is 77.0 Å². The molecule has 1 aromatic carbocycles. The lowest BCUT2D eigenvalue weighted by atomic mass is 9.87. The first-order valence-electron chi connectivity index (χ1n) is 11.0. The first-order valence-corrected chi connectivity index (χ1v) is 13.9. The molecule has 7 heteroatoms. The molecule has 32 heavy (non-hydrogen) atoms. The molecule has 0 amide bonds. The quantitative estimate of drug-likeness (QED) is 0.606. The number of aliphatic hydroxyl groups excluding tert-OH is 1. The number of hydrogen-bond donors (Lipinski definition) is 1. The Kier molecular flexibility index (Phi) is 6.71. The van der Waals surface area contributed by atoms with Crippen LogP contribution in [-0.2, 0) is 10.8 Å². The van der Waals surface area contributed by atoms with Gasteiger partial charge in [0, 0.05) is 24.4 Å². The zero-order valence-corrected chi connectivity index (χ0v) is 21.1. The van der Waals surface area contributed by atoms with Gasteiger partial charge in [-0.05, 0) is 68.2 Å². The molecule has 1 aromatic heterocycles. The standard InChI is InChI=1S/C25H34N2O4Si/c1-24(2,3)32(6,7)29-13-11-17-10-12-27-21(15-17)30-22-19-14-18(16-26)8-9-20(19)31-25(4,5)23(22)28/h8-10,12,14-15,22-23,28H,11,13H2,1-7H3/t22-,23+/m0/s1. The van der Waals surface area contributed by atoms with Crippen molar-refractivity contribution in [1.82, 2.24) is 4.98 Å². The third-order valence-corrected chi connectivity index (χ3v) is 11.1. The SMILES string of the molecule is CC1(C)Oc2ccc(C#N)cc2[C@H](Oc2cc(CCO[Si](C)(C)C(C)(C)C)ccn2)[C@H]1O. The van der Waals surface area contributed by atoms with Crippen LogP contribution in [0.4, 0.5) is 0 Å². The Bertz CT molecular complexity index is 1010. The maximum atomic E-state index is 11.0. The zero-order valence-electron chi connectivity index (χ0n) is 20.1. The number of aliphatic hydroxyl groups is 1. The second-order valence-corrected chi connectivity index (χ2v) is 15.2. The van der Waals surface area contributed by atoms with E-state index >= 15 is 0 Å². The van der Waals surface area contributed by atoms with E-state index in [0.29, 0.717) is 29.4 Å². The van der Waals surface area contributed by atoms with E-state index in [2.05, 4.69) is 44.9 Å². The zero-order chi connectivity index (χ0) is 23.7. The molecule has 172 valence electrons. The summed E-state index contributed by atoms with van der Waals surface area (Å²) in [6.45, 7) is 15.5. The summed E-state index contributed by atoms with van der Waals surface area (Å²) in [6, 6.07) is 11.1. The van der Waals surface area contributed by atoms with Gasteiger partial charge in [-0.25, -0.2) is 4.98 Å². The fourth-order valence-electron chi connectivity index (χ4n) is 3.38. The molecule has 1 N–H and O–H groups in total. The van der Waals surface area contributed by atoms with Gasteiger partial charge in [-0.1, -0.05) is 20.8 Å². The van der Waals surface area contributed by atoms with Crippen LogP contribution in [0.1, 0.15) is 57.4 Å². The van der Waals surface area contributed by atoms with Crippen LogP contribution in [-0.4, -0.2) is 36.7 Å². The lowest BCUT2D eigenvalue weighted by Crippen LogP contribution is -2.50. The predicted molar refractivity (Wildman–Crippen MR) is 126 cm³/mol. The van der Waals surface area contributed by atoms with Crippen molar-refractivity contribution in [3.8, 4) is 17.7 Å². The van der Waals surface area contributed by atoms with Crippen molar-refractivity contribution in [3.05, 3.63) is 53.2 Å². The number of pyridine rings is 1. The van der Waals surface area contributed by atoms with Gasteiger partial charge in [0.25, 0.3) is 0 Å². The summed E-state index contributed by atoms with van der Waals surface area (Å²) in [7, 11) is -1.80. The van der Waals surface area contributed by atoms with Crippen molar-refractivity contribution in [2.75, 3.05) is 6.61 Å². The molecule has 2 atom stereocenters. The molecule has 0 unspecified atom stereocenters. The fourth-order valence-corrected chi connectivity index (χ4v) is 4.43. The van der Waals surface area contributed by atoms with Gasteiger partial charge in [-0.15, -0.1) is 0 Å². The summed E-state index contributed by atoms with van der Waals surface area (Å²) in [5.41, 5.74) is 1.34. The van der Waals surface area contributed by atoms with Gasteiger partial charge in [0.1, 0.15) is 17.5 Å². The molecule has 0 bridgehead atoms. The number of nitriles is 1. The molecule has 2 heterocycles. The number of ether oxygens (including phenoxy) is 2. The maximum Gasteiger partial charge on any atom is 0.214 e. The molecular formula is C25H34N2O4Si. The highest BCUT2D eigenvalue weighted by Gasteiger charge is 2.44. The predicted octanol–water partition coefficient (Wildman–Crippen LogP) is 5.17. The molecule has 0 spiro atoms. The monoisotopic (exact) mass is 454 g/mol. The fraction of sp³-hybridized carbons (Fsp3) is 0.520. The van der Waals surface area contributed by atoms with Crippen LogP contribution in [0.15, 0.2) is 36.5 Å². The highest BCUT2D eigenvalue weighted by molar-refractivity contribution is 6.74. The summed E-state index contributed by atoms with van der Waals surface area (Å²) in [5.74, 6) is 1.02. The van der Waals surface area contributed by atoms with Crippen LogP contribution in [0.5, 0.6) is 11.6 Å². The lowest BCUT2D eigenvalue weighted by molar-refractivity contribution is -0.104. The highest BCUT2D eigenvalue weighted by atomic mass is 28.4. The molecule has 0 radical (unpaired) electrons. The van der Waals surface area contributed by atoms with Crippen molar-refractivity contribution < 1.29 is 19.0 Å². The van der Waals surface area contributed by atoms with Gasteiger partial charge in [-0.3, -0.25) is 0 Å². The summed E-state index contributed by atoms with van der Waals surface area (Å²) in [6.07, 6.45) is 0.827. The Morgan fingerprint density at radius 3 is 2.59 bits per heavy atom. The summed E-state index contributed by atoms with van der Waals surface area (Å²) in [5, 5.41) is 20.4. The van der Waals surface area contributed by atoms with E-state index in [1.807, 2.05) is 26.0 Å². The Hall–Kier alpha value is -2.40. The third kappa shape index (κ3) is 5.15. The van der Waals surface area contributed by atoms with Gasteiger partial charge >= 0.3 is 0 Å². The smallest absolute Gasteiger partial charge is 0.214 e. The second-order valence-electron chi connectivity index (χ2n) is 10.4. The van der Waals surface area contributed by atoms with Gasteiger partial charge < -0.3 is 19.0 Å². The van der Waals surface area contributed by atoms with E-state index in [0.717, 1.165) is 12.0 Å². The van der Waals surface area contributed by atoms with Crippen LogP contribution < -0.4 is 9.47 Å². The molecule has 6 nitrogen and oxygen atoms in total. The first kappa shape index (κ1) is 24.2. The van der Waals surface area contributed by atoms with Crippen LogP contribution in [0, 0.1) is 11.3 Å². The van der Waals surface area contributed by atoms with Gasteiger partial charge in [0.15, 0.2) is 14.4 Å². The molecule has 0 saturated heterocycles. The average molecular weight is 455 g/mol. The van der Waals surface area contributed by atoms with E-state index < -0.39 is 26.1 Å². The van der Waals surface area contributed by atoms with Crippen LogP contribution in [0.25, 0.3) is 0 Å². The van der Waals surface area contributed by atoms with Crippen LogP contribution in [0.3, 0.4) is 0 Å². The molecule has 0 fully saturated rings. The average Bonchev–Trinajstić information content (AvgIpc) is 2.70. The molecule has 2 aromatic rings. The Morgan fingerprint density at radius 2 is 1.94 bits per heavy atom. The second kappa shape index (κ2) is 8.85. The van der Waals surface area contributed by atoms with E-state index in [-0.39, 0.29) is 5.04 Å². The van der Waals surface area contributed by atoms with Gasteiger partial charge in [-0.2, -0.15) is 5.26 Å². The Morgan fingerprint density at radius 1 is 1.22 bits per heavy atom. The lowest BCUT2D eigenvalue weighted by Gasteiger charge is -2.41. The van der Waals surface area contributed by atoms with Crippen LogP contribution >= 0.6 is 0 Å². The number of nitrogens with zero attached hydrogens (tertiary/aromatic N) is 2. The molecule has 1 aliphatic rings. The van der Waals surface area contributed by atoms with Crippen molar-refractivity contribution in [1.29, 1.82) is 5.26 Å². The van der Waals surface area contributed by atoms with Crippen molar-refractivity contribution >= 4 is 8.32 Å². The number of hydrogen-bond acceptors (Lipinski definition) is 6. The molecule has 0 aliphatic carbocycles. The maximum absolute atomic E-state index is 11.0. The van der Waals surface area contributed by atoms with Gasteiger partial charge in [0.2, 0.25) is 5.88 Å². The number of aromatic nitrogens is 1. The number of fused-ring (bicyclic) bond motifs is 1. The van der Waals surface area contributed by atoms with Crippen molar-refractivity contribution in [2.24, 2.45) is 0 Å². The first-order chi connectivity index (χ1) is 14.8. The molecular weight excluding hydrogens is 420 g/mol. The summed E-state index contributed by atoms with van der Waals surface area (Å²) in [4.78, 5) is 4.36. The van der Waals surface area contributed by atoms with E-state index in [4.69, 9.17) is 13.9 Å². The van der Waals surface area contributed by atoms with E-state index in [1.165, 1.54) is 0 Å². The minimum absolute atomic E-state index is 0.168. The van der Waals surface area contributed by atoms with Crippen molar-refractivity contribution in [3.63, 3.8) is 0 Å². The Labute approximate surface area is 192 Å². The number of benzene rings is 1. The highest BCUT2D eigenvalue weighted by Crippen LogP contribution is 2.42. The topological polar surface area (TPSA) is 84.6 Å². The molecule has 0 saturated carbocycles. The summed E-state index contributed by atoms with van der Waals surface area (Å²) < 4.78 is 18.4. The minimum Gasteiger partial charge on any atom is -0.485 e. The van der Waals surface area contributed by atoms with E-state index in [9.17, 15) is 10.4 Å². The largest absolute Gasteiger partial charge is 0.485 e. The van der Waals surface area contributed by atoms with E-state index in [1.54, 1.807) is 24.4 Å². The van der Waals surface area contributed by atoms with Crippen LogP contribution in [0.2, 0.25) is 18.1 Å².